The van der Waals surface area contributed by atoms with Crippen LogP contribution in [0.2, 0.25) is 0 Å². The Hall–Kier alpha value is -3.38. The molecule has 0 aliphatic carbocycles. The number of hydrogen-bond acceptors (Lipinski definition) is 4. The van der Waals surface area contributed by atoms with E-state index in [9.17, 15) is 4.79 Å². The number of carbonyl (C=O) groups excluding carboxylic acids is 1. The number of amides is 1. The van der Waals surface area contributed by atoms with Crippen LogP contribution in [-0.4, -0.2) is 26.4 Å². The van der Waals surface area contributed by atoms with Gasteiger partial charge < -0.3 is 5.32 Å². The molecule has 0 aliphatic heterocycles. The Morgan fingerprint density at radius 2 is 1.72 bits per heavy atom. The Morgan fingerprint density at radius 1 is 0.969 bits per heavy atom. The average Bonchev–Trinajstić information content (AvgIpc) is 3.24. The molecule has 0 unspecified atom stereocenters. The van der Waals surface area contributed by atoms with E-state index in [0.29, 0.717) is 5.16 Å². The summed E-state index contributed by atoms with van der Waals surface area (Å²) in [4.78, 5) is 12.6. The van der Waals surface area contributed by atoms with E-state index < -0.39 is 0 Å². The van der Waals surface area contributed by atoms with Gasteiger partial charge in [0.25, 0.3) is 0 Å². The number of carbonyl (C=O) groups is 1. The lowest BCUT2D eigenvalue weighted by Crippen LogP contribution is -2.15. The third kappa shape index (κ3) is 4.92. The van der Waals surface area contributed by atoms with Gasteiger partial charge in [0, 0.05) is 16.9 Å². The number of rotatable bonds is 7. The number of nitrogens with one attached hydrogen (secondary N) is 1. The molecule has 0 atom stereocenters. The number of hydrogen-bond donors (Lipinski definition) is 1. The largest absolute Gasteiger partial charge is 0.325 e. The lowest BCUT2D eigenvalue weighted by molar-refractivity contribution is -0.113. The van der Waals surface area contributed by atoms with Gasteiger partial charge in [-0.1, -0.05) is 78.8 Å². The molecule has 1 aromatic heterocycles. The normalized spacial score (nSPS) is 10.8. The van der Waals surface area contributed by atoms with Crippen molar-refractivity contribution in [2.24, 2.45) is 0 Å². The van der Waals surface area contributed by atoms with E-state index >= 15 is 0 Å². The molecule has 0 saturated heterocycles. The number of aromatic nitrogens is 3. The first kappa shape index (κ1) is 21.8. The molecule has 0 fully saturated rings. The predicted molar refractivity (Wildman–Crippen MR) is 131 cm³/mol. The highest BCUT2D eigenvalue weighted by atomic mass is 32.2. The van der Waals surface area contributed by atoms with Gasteiger partial charge >= 0.3 is 0 Å². The molecule has 3 aromatic carbocycles. The molecule has 162 valence electrons. The highest BCUT2D eigenvalue weighted by molar-refractivity contribution is 7.99. The molecule has 1 heterocycles. The van der Waals surface area contributed by atoms with E-state index in [1.54, 1.807) is 0 Å². The van der Waals surface area contributed by atoms with Crippen LogP contribution in [-0.2, 0) is 11.2 Å². The van der Waals surface area contributed by atoms with E-state index in [2.05, 4.69) is 52.8 Å². The van der Waals surface area contributed by atoms with Crippen molar-refractivity contribution < 1.29 is 4.79 Å². The zero-order valence-corrected chi connectivity index (χ0v) is 19.3. The topological polar surface area (TPSA) is 59.8 Å². The predicted octanol–water partition coefficient (Wildman–Crippen LogP) is 5.84. The molecular weight excluding hydrogens is 416 g/mol. The molecule has 1 N–H and O–H groups in total. The number of anilines is 1. The average molecular weight is 443 g/mol. The summed E-state index contributed by atoms with van der Waals surface area (Å²) < 4.78 is 2.02. The monoisotopic (exact) mass is 442 g/mol. The van der Waals surface area contributed by atoms with Crippen LogP contribution in [0.5, 0.6) is 0 Å². The van der Waals surface area contributed by atoms with Gasteiger partial charge in [0.05, 0.1) is 5.75 Å². The summed E-state index contributed by atoms with van der Waals surface area (Å²) in [5.41, 5.74) is 6.28. The second kappa shape index (κ2) is 9.83. The second-order valence-electron chi connectivity index (χ2n) is 7.68. The van der Waals surface area contributed by atoms with Gasteiger partial charge in [0.2, 0.25) is 5.91 Å². The van der Waals surface area contributed by atoms with E-state index in [1.807, 2.05) is 60.9 Å². The third-order valence-corrected chi connectivity index (χ3v) is 6.19. The Morgan fingerprint density at radius 3 is 2.41 bits per heavy atom. The van der Waals surface area contributed by atoms with Crippen molar-refractivity contribution in [3.8, 4) is 17.1 Å². The highest BCUT2D eigenvalue weighted by Gasteiger charge is 2.17. The van der Waals surface area contributed by atoms with Crippen LogP contribution in [0.3, 0.4) is 0 Å². The van der Waals surface area contributed by atoms with Gasteiger partial charge in [-0.05, 0) is 49.6 Å². The SMILES string of the molecule is CCc1ccc(-n2c(SCC(=O)Nc3ccc(C)cc3C)nnc2-c2ccccc2)cc1. The van der Waals surface area contributed by atoms with Crippen LogP contribution in [0, 0.1) is 13.8 Å². The summed E-state index contributed by atoms with van der Waals surface area (Å²) in [5.74, 6) is 0.930. The van der Waals surface area contributed by atoms with Crippen LogP contribution in [0.25, 0.3) is 17.1 Å². The maximum atomic E-state index is 12.6. The number of thioether (sulfide) groups is 1. The van der Waals surface area contributed by atoms with E-state index in [1.165, 1.54) is 22.9 Å². The smallest absolute Gasteiger partial charge is 0.234 e. The van der Waals surface area contributed by atoms with Crippen molar-refractivity contribution in [1.29, 1.82) is 0 Å². The standard InChI is InChI=1S/C26H26N4OS/c1-4-20-11-13-22(14-12-20)30-25(21-8-6-5-7-9-21)28-29-26(30)32-17-24(31)27-23-15-10-18(2)16-19(23)3/h5-16H,4,17H2,1-3H3,(H,27,31). The van der Waals surface area contributed by atoms with Gasteiger partial charge in [-0.3, -0.25) is 9.36 Å². The number of aryl methyl sites for hydroxylation is 3. The first-order valence-corrected chi connectivity index (χ1v) is 11.6. The van der Waals surface area contributed by atoms with Crippen molar-refractivity contribution in [3.63, 3.8) is 0 Å². The molecule has 6 heteroatoms. The first-order valence-electron chi connectivity index (χ1n) is 10.6. The third-order valence-electron chi connectivity index (χ3n) is 5.26. The van der Waals surface area contributed by atoms with Crippen LogP contribution in [0.4, 0.5) is 5.69 Å². The summed E-state index contributed by atoms with van der Waals surface area (Å²) >= 11 is 1.38. The summed E-state index contributed by atoms with van der Waals surface area (Å²) in [7, 11) is 0. The fourth-order valence-corrected chi connectivity index (χ4v) is 4.27. The Balaban J connectivity index is 1.59. The number of nitrogens with zero attached hydrogens (tertiary/aromatic N) is 3. The quantitative estimate of drug-likeness (QED) is 0.365. The van der Waals surface area contributed by atoms with Crippen LogP contribution >= 0.6 is 11.8 Å². The zero-order chi connectivity index (χ0) is 22.5. The van der Waals surface area contributed by atoms with Crippen LogP contribution in [0.15, 0.2) is 78.0 Å². The Bertz CT molecular complexity index is 1220. The summed E-state index contributed by atoms with van der Waals surface area (Å²) in [6.07, 6.45) is 0.980. The molecule has 4 rings (SSSR count). The van der Waals surface area contributed by atoms with Crippen molar-refractivity contribution in [2.45, 2.75) is 32.3 Å². The molecule has 4 aromatic rings. The Labute approximate surface area is 192 Å². The zero-order valence-electron chi connectivity index (χ0n) is 18.5. The molecule has 0 spiro atoms. The first-order chi connectivity index (χ1) is 15.5. The molecule has 0 aliphatic rings. The van der Waals surface area contributed by atoms with Crippen molar-refractivity contribution >= 4 is 23.4 Å². The molecular formula is C26H26N4OS. The van der Waals surface area contributed by atoms with Gasteiger partial charge in [-0.15, -0.1) is 10.2 Å². The maximum Gasteiger partial charge on any atom is 0.234 e. The van der Waals surface area contributed by atoms with E-state index in [4.69, 9.17) is 0 Å². The number of benzene rings is 3. The van der Waals surface area contributed by atoms with Gasteiger partial charge in [-0.2, -0.15) is 0 Å². The minimum Gasteiger partial charge on any atom is -0.325 e. The lowest BCUT2D eigenvalue weighted by atomic mass is 10.1. The summed E-state index contributed by atoms with van der Waals surface area (Å²) in [5, 5.41) is 12.6. The maximum absolute atomic E-state index is 12.6. The van der Waals surface area contributed by atoms with E-state index in [0.717, 1.165) is 34.7 Å². The van der Waals surface area contributed by atoms with Crippen LogP contribution < -0.4 is 5.32 Å². The fraction of sp³-hybridized carbons (Fsp3) is 0.192. The molecule has 5 nitrogen and oxygen atoms in total. The molecule has 32 heavy (non-hydrogen) atoms. The minimum atomic E-state index is -0.0703. The molecule has 1 amide bonds. The fourth-order valence-electron chi connectivity index (χ4n) is 3.52. The Kier molecular flexibility index (Phi) is 6.71. The van der Waals surface area contributed by atoms with Gasteiger partial charge in [0.1, 0.15) is 0 Å². The van der Waals surface area contributed by atoms with Crippen molar-refractivity contribution in [2.75, 3.05) is 11.1 Å². The van der Waals surface area contributed by atoms with Gasteiger partial charge in [-0.25, -0.2) is 0 Å². The van der Waals surface area contributed by atoms with Crippen molar-refractivity contribution in [3.05, 3.63) is 89.5 Å². The molecule has 0 saturated carbocycles. The molecule has 0 bridgehead atoms. The van der Waals surface area contributed by atoms with Gasteiger partial charge in [0.15, 0.2) is 11.0 Å². The second-order valence-corrected chi connectivity index (χ2v) is 8.63. The summed E-state index contributed by atoms with van der Waals surface area (Å²) in [6.45, 7) is 6.18. The van der Waals surface area contributed by atoms with Crippen molar-refractivity contribution in [1.82, 2.24) is 14.8 Å². The minimum absolute atomic E-state index is 0.0703. The highest BCUT2D eigenvalue weighted by Crippen LogP contribution is 2.28. The molecule has 0 radical (unpaired) electrons. The van der Waals surface area contributed by atoms with E-state index in [-0.39, 0.29) is 11.7 Å². The lowest BCUT2D eigenvalue weighted by Gasteiger charge is -2.12. The van der Waals surface area contributed by atoms with Crippen LogP contribution in [0.1, 0.15) is 23.6 Å². The summed E-state index contributed by atoms with van der Waals surface area (Å²) in [6, 6.07) is 24.4.